The average Bonchev–Trinajstić information content (AvgIpc) is 2.47. The number of rotatable bonds is 5. The maximum atomic E-state index is 9.92. The Bertz CT molecular complexity index is 554. The van der Waals surface area contributed by atoms with Crippen molar-refractivity contribution in [1.82, 2.24) is 4.98 Å². The second-order valence-electron chi connectivity index (χ2n) is 5.11. The molecule has 0 bridgehead atoms. The molecule has 0 fully saturated rings. The lowest BCUT2D eigenvalue weighted by Crippen LogP contribution is -2.18. The zero-order valence-corrected chi connectivity index (χ0v) is 12.4. The second-order valence-corrected chi connectivity index (χ2v) is 5.11. The van der Waals surface area contributed by atoms with Crippen LogP contribution in [0.4, 0.5) is 5.82 Å². The lowest BCUT2D eigenvalue weighted by atomic mass is 10.1. The number of nitrogens with zero attached hydrogens (tertiary/aromatic N) is 2. The van der Waals surface area contributed by atoms with E-state index in [0.29, 0.717) is 6.42 Å². The van der Waals surface area contributed by atoms with Crippen LogP contribution in [0.5, 0.6) is 0 Å². The SMILES string of the molecule is CCC(O)c1ccc(N(C)Cc2ccccc2)nc1C. The third-order valence-corrected chi connectivity index (χ3v) is 3.51. The third-order valence-electron chi connectivity index (χ3n) is 3.51. The number of pyridine rings is 1. The molecule has 1 heterocycles. The van der Waals surface area contributed by atoms with Crippen LogP contribution in [0.3, 0.4) is 0 Å². The highest BCUT2D eigenvalue weighted by Crippen LogP contribution is 2.22. The molecule has 0 aliphatic carbocycles. The minimum Gasteiger partial charge on any atom is -0.388 e. The summed E-state index contributed by atoms with van der Waals surface area (Å²) < 4.78 is 0. The third kappa shape index (κ3) is 3.36. The highest BCUT2D eigenvalue weighted by molar-refractivity contribution is 5.42. The Labute approximate surface area is 120 Å². The summed E-state index contributed by atoms with van der Waals surface area (Å²) in [6.07, 6.45) is 0.290. The van der Waals surface area contributed by atoms with Crippen molar-refractivity contribution in [2.45, 2.75) is 32.9 Å². The van der Waals surface area contributed by atoms with E-state index < -0.39 is 6.10 Å². The van der Waals surface area contributed by atoms with Crippen LogP contribution in [0.25, 0.3) is 0 Å². The Kier molecular flexibility index (Phi) is 4.74. The fourth-order valence-corrected chi connectivity index (χ4v) is 2.28. The number of benzene rings is 1. The largest absolute Gasteiger partial charge is 0.388 e. The molecule has 1 aromatic carbocycles. The highest BCUT2D eigenvalue weighted by atomic mass is 16.3. The molecule has 0 amide bonds. The Balaban J connectivity index is 2.15. The lowest BCUT2D eigenvalue weighted by Gasteiger charge is -2.20. The quantitative estimate of drug-likeness (QED) is 0.903. The van der Waals surface area contributed by atoms with Gasteiger partial charge < -0.3 is 10.0 Å². The van der Waals surface area contributed by atoms with Gasteiger partial charge in [0.25, 0.3) is 0 Å². The van der Waals surface area contributed by atoms with E-state index in [0.717, 1.165) is 23.6 Å². The van der Waals surface area contributed by atoms with Crippen molar-refractivity contribution in [3.63, 3.8) is 0 Å². The number of aliphatic hydroxyl groups is 1. The molecule has 3 heteroatoms. The van der Waals surface area contributed by atoms with E-state index in [1.54, 1.807) is 0 Å². The zero-order chi connectivity index (χ0) is 14.5. The van der Waals surface area contributed by atoms with Crippen LogP contribution < -0.4 is 4.90 Å². The summed E-state index contributed by atoms with van der Waals surface area (Å²) in [4.78, 5) is 6.72. The van der Waals surface area contributed by atoms with Gasteiger partial charge in [-0.1, -0.05) is 43.3 Å². The molecule has 0 saturated heterocycles. The molecule has 1 atom stereocenters. The molecular weight excluding hydrogens is 248 g/mol. The molecule has 1 unspecified atom stereocenters. The van der Waals surface area contributed by atoms with Gasteiger partial charge >= 0.3 is 0 Å². The van der Waals surface area contributed by atoms with Crippen molar-refractivity contribution in [1.29, 1.82) is 0 Å². The summed E-state index contributed by atoms with van der Waals surface area (Å²) >= 11 is 0. The topological polar surface area (TPSA) is 36.4 Å². The molecule has 2 aromatic rings. The monoisotopic (exact) mass is 270 g/mol. The lowest BCUT2D eigenvalue weighted by molar-refractivity contribution is 0.172. The van der Waals surface area contributed by atoms with Crippen LogP contribution in [-0.4, -0.2) is 17.1 Å². The van der Waals surface area contributed by atoms with E-state index in [-0.39, 0.29) is 0 Å². The van der Waals surface area contributed by atoms with E-state index >= 15 is 0 Å². The first-order valence-electron chi connectivity index (χ1n) is 7.02. The molecule has 0 spiro atoms. The molecule has 20 heavy (non-hydrogen) atoms. The number of aryl methyl sites for hydroxylation is 1. The van der Waals surface area contributed by atoms with Crippen molar-refractivity contribution in [2.75, 3.05) is 11.9 Å². The van der Waals surface area contributed by atoms with Gasteiger partial charge in [-0.15, -0.1) is 0 Å². The minimum absolute atomic E-state index is 0.420. The summed E-state index contributed by atoms with van der Waals surface area (Å²) in [6, 6.07) is 14.3. The first kappa shape index (κ1) is 14.5. The van der Waals surface area contributed by atoms with Gasteiger partial charge in [0.1, 0.15) is 5.82 Å². The molecule has 0 radical (unpaired) electrons. The second kappa shape index (κ2) is 6.53. The van der Waals surface area contributed by atoms with Gasteiger partial charge in [0.2, 0.25) is 0 Å². The van der Waals surface area contributed by atoms with Crippen LogP contribution in [-0.2, 0) is 6.54 Å². The fraction of sp³-hybridized carbons (Fsp3) is 0.353. The number of aromatic nitrogens is 1. The van der Waals surface area contributed by atoms with Crippen LogP contribution in [0.15, 0.2) is 42.5 Å². The summed E-state index contributed by atoms with van der Waals surface area (Å²) in [7, 11) is 2.03. The van der Waals surface area contributed by atoms with Gasteiger partial charge in [-0.3, -0.25) is 0 Å². The van der Waals surface area contributed by atoms with E-state index in [2.05, 4.69) is 22.0 Å². The number of aliphatic hydroxyl groups excluding tert-OH is 1. The predicted octanol–water partition coefficient (Wildman–Crippen LogP) is 3.47. The van der Waals surface area contributed by atoms with Gasteiger partial charge in [-0.2, -0.15) is 0 Å². The van der Waals surface area contributed by atoms with E-state index in [4.69, 9.17) is 0 Å². The number of anilines is 1. The van der Waals surface area contributed by atoms with Gasteiger partial charge in [-0.25, -0.2) is 4.98 Å². The number of hydrogen-bond acceptors (Lipinski definition) is 3. The first-order chi connectivity index (χ1) is 9.61. The summed E-state index contributed by atoms with van der Waals surface area (Å²) in [5.74, 6) is 0.929. The van der Waals surface area contributed by atoms with E-state index in [9.17, 15) is 5.11 Å². The van der Waals surface area contributed by atoms with Crippen LogP contribution >= 0.6 is 0 Å². The smallest absolute Gasteiger partial charge is 0.128 e. The Morgan fingerprint density at radius 2 is 1.85 bits per heavy atom. The van der Waals surface area contributed by atoms with E-state index in [1.165, 1.54) is 5.56 Å². The van der Waals surface area contributed by atoms with Gasteiger partial charge in [0.15, 0.2) is 0 Å². The van der Waals surface area contributed by atoms with Crippen LogP contribution in [0.1, 0.15) is 36.3 Å². The Morgan fingerprint density at radius 1 is 1.15 bits per heavy atom. The van der Waals surface area contributed by atoms with E-state index in [1.807, 2.05) is 51.2 Å². The maximum absolute atomic E-state index is 9.92. The van der Waals surface area contributed by atoms with Crippen molar-refractivity contribution in [3.8, 4) is 0 Å². The normalized spacial score (nSPS) is 12.2. The molecule has 3 nitrogen and oxygen atoms in total. The maximum Gasteiger partial charge on any atom is 0.128 e. The molecule has 106 valence electrons. The molecule has 2 rings (SSSR count). The minimum atomic E-state index is -0.420. The molecular formula is C17H22N2O. The van der Waals surface area contributed by atoms with Crippen molar-refractivity contribution in [2.24, 2.45) is 0 Å². The Hall–Kier alpha value is -1.87. The zero-order valence-electron chi connectivity index (χ0n) is 12.4. The summed E-state index contributed by atoms with van der Waals surface area (Å²) in [5, 5.41) is 9.92. The van der Waals surface area contributed by atoms with Crippen molar-refractivity contribution < 1.29 is 5.11 Å². The standard InChI is InChI=1S/C17H22N2O/c1-4-16(20)15-10-11-17(18-13(15)2)19(3)12-14-8-6-5-7-9-14/h5-11,16,20H,4,12H2,1-3H3. The number of hydrogen-bond donors (Lipinski definition) is 1. The van der Waals surface area contributed by atoms with Gasteiger partial charge in [0, 0.05) is 24.8 Å². The fourth-order valence-electron chi connectivity index (χ4n) is 2.28. The molecule has 0 aliphatic rings. The predicted molar refractivity (Wildman–Crippen MR) is 82.8 cm³/mol. The van der Waals surface area contributed by atoms with Crippen molar-refractivity contribution in [3.05, 3.63) is 59.3 Å². The van der Waals surface area contributed by atoms with Crippen molar-refractivity contribution >= 4 is 5.82 Å². The van der Waals surface area contributed by atoms with Crippen LogP contribution in [0, 0.1) is 6.92 Å². The average molecular weight is 270 g/mol. The van der Waals surface area contributed by atoms with Crippen LogP contribution in [0.2, 0.25) is 0 Å². The Morgan fingerprint density at radius 3 is 2.45 bits per heavy atom. The first-order valence-corrected chi connectivity index (χ1v) is 7.02. The molecule has 0 aliphatic heterocycles. The summed E-state index contributed by atoms with van der Waals surface area (Å²) in [6.45, 7) is 4.75. The van der Waals surface area contributed by atoms with Gasteiger partial charge in [-0.05, 0) is 25.0 Å². The molecule has 1 N–H and O–H groups in total. The highest BCUT2D eigenvalue weighted by Gasteiger charge is 2.11. The molecule has 0 saturated carbocycles. The van der Waals surface area contributed by atoms with Gasteiger partial charge in [0.05, 0.1) is 6.10 Å². The summed E-state index contributed by atoms with van der Waals surface area (Å²) in [5.41, 5.74) is 3.08. The molecule has 1 aromatic heterocycles.